The Morgan fingerprint density at radius 1 is 1.43 bits per heavy atom. The topological polar surface area (TPSA) is 33.0 Å². The maximum Gasteiger partial charge on any atom is 0.168 e. The molecular formula is C10H7F2NO. The van der Waals surface area contributed by atoms with Crippen molar-refractivity contribution in [2.75, 3.05) is 7.11 Å². The minimum absolute atomic E-state index is 0.0714. The fourth-order valence-electron chi connectivity index (χ4n) is 1.05. The van der Waals surface area contributed by atoms with E-state index < -0.39 is 11.6 Å². The van der Waals surface area contributed by atoms with Gasteiger partial charge in [0.2, 0.25) is 0 Å². The van der Waals surface area contributed by atoms with Crippen LogP contribution in [0.15, 0.2) is 18.2 Å². The Kier molecular flexibility index (Phi) is 3.19. The van der Waals surface area contributed by atoms with Crippen molar-refractivity contribution in [3.05, 3.63) is 35.4 Å². The van der Waals surface area contributed by atoms with Gasteiger partial charge in [0.25, 0.3) is 0 Å². The van der Waals surface area contributed by atoms with Crippen molar-refractivity contribution in [3.63, 3.8) is 0 Å². The highest BCUT2D eigenvalue weighted by Gasteiger charge is 2.09. The van der Waals surface area contributed by atoms with Gasteiger partial charge in [-0.25, -0.2) is 8.78 Å². The molecule has 0 amide bonds. The van der Waals surface area contributed by atoms with E-state index in [9.17, 15) is 8.78 Å². The van der Waals surface area contributed by atoms with Gasteiger partial charge in [0.15, 0.2) is 11.6 Å². The number of benzene rings is 1. The Morgan fingerprint density at radius 2 is 2.14 bits per heavy atom. The summed E-state index contributed by atoms with van der Waals surface area (Å²) >= 11 is 0. The van der Waals surface area contributed by atoms with Gasteiger partial charge in [0.05, 0.1) is 13.2 Å². The predicted molar refractivity (Wildman–Crippen MR) is 47.6 cm³/mol. The van der Waals surface area contributed by atoms with Crippen LogP contribution in [0.3, 0.4) is 0 Å². The van der Waals surface area contributed by atoms with Gasteiger partial charge >= 0.3 is 0 Å². The zero-order valence-corrected chi connectivity index (χ0v) is 7.42. The number of methoxy groups -OCH3 is 1. The van der Waals surface area contributed by atoms with Crippen molar-refractivity contribution in [1.29, 1.82) is 5.26 Å². The Bertz CT molecular complexity index is 407. The van der Waals surface area contributed by atoms with E-state index in [0.29, 0.717) is 0 Å². The smallest absolute Gasteiger partial charge is 0.168 e. The molecule has 4 heteroatoms. The summed E-state index contributed by atoms with van der Waals surface area (Å²) in [4.78, 5) is 0. The highest BCUT2D eigenvalue weighted by Crippen LogP contribution is 2.24. The number of nitriles is 1. The van der Waals surface area contributed by atoms with Crippen LogP contribution in [0.1, 0.15) is 5.56 Å². The molecule has 14 heavy (non-hydrogen) atoms. The van der Waals surface area contributed by atoms with Crippen LogP contribution in [-0.4, -0.2) is 7.11 Å². The van der Waals surface area contributed by atoms with E-state index in [0.717, 1.165) is 18.2 Å². The quantitative estimate of drug-likeness (QED) is 0.679. The molecule has 0 unspecified atom stereocenters. The lowest BCUT2D eigenvalue weighted by Crippen LogP contribution is -1.93. The fourth-order valence-corrected chi connectivity index (χ4v) is 1.05. The molecule has 1 rings (SSSR count). The van der Waals surface area contributed by atoms with Crippen molar-refractivity contribution in [2.45, 2.75) is 0 Å². The molecule has 0 atom stereocenters. The molecule has 2 nitrogen and oxygen atoms in total. The van der Waals surface area contributed by atoms with Crippen LogP contribution >= 0.6 is 0 Å². The molecule has 0 spiro atoms. The third-order valence-corrected chi connectivity index (χ3v) is 1.58. The first-order valence-corrected chi connectivity index (χ1v) is 3.78. The van der Waals surface area contributed by atoms with E-state index in [1.54, 1.807) is 6.07 Å². The van der Waals surface area contributed by atoms with Crippen LogP contribution in [0.5, 0.6) is 5.75 Å². The van der Waals surface area contributed by atoms with Gasteiger partial charge in [-0.1, -0.05) is 0 Å². The molecule has 1 aromatic carbocycles. The summed E-state index contributed by atoms with van der Waals surface area (Å²) < 4.78 is 30.5. The van der Waals surface area contributed by atoms with Crippen LogP contribution in [0.4, 0.5) is 8.78 Å². The number of hydrogen-bond donors (Lipinski definition) is 0. The van der Waals surface area contributed by atoms with Crippen molar-refractivity contribution >= 4 is 6.08 Å². The zero-order valence-electron chi connectivity index (χ0n) is 7.42. The van der Waals surface area contributed by atoms with E-state index in [2.05, 4.69) is 0 Å². The highest BCUT2D eigenvalue weighted by molar-refractivity contribution is 5.59. The molecule has 0 aliphatic heterocycles. The molecular weight excluding hydrogens is 188 g/mol. The lowest BCUT2D eigenvalue weighted by molar-refractivity contribution is 0.383. The largest absolute Gasteiger partial charge is 0.493 e. The lowest BCUT2D eigenvalue weighted by Gasteiger charge is -2.05. The standard InChI is InChI=1S/C10H7F2NO/c1-14-10-7(3-2-4-13)5-8(11)6-9(10)12/h2-3,5-6H,1H3. The van der Waals surface area contributed by atoms with Crippen LogP contribution in [-0.2, 0) is 0 Å². The van der Waals surface area contributed by atoms with E-state index in [1.165, 1.54) is 13.2 Å². The Labute approximate surface area is 80.0 Å². The van der Waals surface area contributed by atoms with Gasteiger partial charge in [0.1, 0.15) is 5.82 Å². The third kappa shape index (κ3) is 2.07. The first kappa shape index (κ1) is 10.2. The first-order chi connectivity index (χ1) is 6.69. The Balaban J connectivity index is 3.26. The van der Waals surface area contributed by atoms with Gasteiger partial charge in [-0.2, -0.15) is 5.26 Å². The summed E-state index contributed by atoms with van der Waals surface area (Å²) in [5.74, 6) is -1.57. The molecule has 0 saturated carbocycles. The van der Waals surface area contributed by atoms with Crippen molar-refractivity contribution in [2.24, 2.45) is 0 Å². The summed E-state index contributed by atoms with van der Waals surface area (Å²) in [6, 6.07) is 3.54. The van der Waals surface area contributed by atoms with Gasteiger partial charge in [-0.15, -0.1) is 0 Å². The molecule has 0 heterocycles. The second-order valence-corrected chi connectivity index (χ2v) is 2.47. The van der Waals surface area contributed by atoms with E-state index in [4.69, 9.17) is 10.00 Å². The number of allylic oxidation sites excluding steroid dienone is 1. The van der Waals surface area contributed by atoms with Gasteiger partial charge in [-0.3, -0.25) is 0 Å². The second kappa shape index (κ2) is 4.38. The molecule has 72 valence electrons. The normalized spacial score (nSPS) is 10.1. The molecule has 0 fully saturated rings. The zero-order chi connectivity index (χ0) is 10.6. The number of rotatable bonds is 2. The van der Waals surface area contributed by atoms with Crippen LogP contribution in [0, 0.1) is 23.0 Å². The molecule has 0 aliphatic carbocycles. The molecule has 0 aliphatic rings. The average molecular weight is 195 g/mol. The molecule has 1 aromatic rings. The summed E-state index contributed by atoms with van der Waals surface area (Å²) in [7, 11) is 1.28. The second-order valence-electron chi connectivity index (χ2n) is 2.47. The third-order valence-electron chi connectivity index (χ3n) is 1.58. The Morgan fingerprint density at radius 3 is 2.71 bits per heavy atom. The molecule has 0 N–H and O–H groups in total. The van der Waals surface area contributed by atoms with E-state index >= 15 is 0 Å². The van der Waals surface area contributed by atoms with Crippen LogP contribution in [0.2, 0.25) is 0 Å². The molecule has 0 bridgehead atoms. The highest BCUT2D eigenvalue weighted by atomic mass is 19.1. The minimum Gasteiger partial charge on any atom is -0.493 e. The molecule has 0 saturated heterocycles. The Hall–Kier alpha value is -1.89. The van der Waals surface area contributed by atoms with E-state index in [1.807, 2.05) is 0 Å². The maximum atomic E-state index is 13.1. The number of ether oxygens (including phenoxy) is 1. The van der Waals surface area contributed by atoms with E-state index in [-0.39, 0.29) is 11.3 Å². The minimum atomic E-state index is -0.787. The lowest BCUT2D eigenvalue weighted by atomic mass is 10.1. The van der Waals surface area contributed by atoms with Crippen molar-refractivity contribution in [3.8, 4) is 11.8 Å². The maximum absolute atomic E-state index is 13.1. The average Bonchev–Trinajstić information content (AvgIpc) is 2.14. The monoisotopic (exact) mass is 195 g/mol. The molecule has 0 aromatic heterocycles. The molecule has 0 radical (unpaired) electrons. The first-order valence-electron chi connectivity index (χ1n) is 3.78. The fraction of sp³-hybridized carbons (Fsp3) is 0.100. The van der Waals surface area contributed by atoms with Crippen LogP contribution < -0.4 is 4.74 Å². The van der Waals surface area contributed by atoms with Crippen LogP contribution in [0.25, 0.3) is 6.08 Å². The van der Waals surface area contributed by atoms with Crippen molar-refractivity contribution < 1.29 is 13.5 Å². The van der Waals surface area contributed by atoms with Gasteiger partial charge < -0.3 is 4.74 Å². The summed E-state index contributed by atoms with van der Waals surface area (Å²) in [5.41, 5.74) is 0.201. The number of halogens is 2. The SMILES string of the molecule is COc1c(F)cc(F)cc1C=CC#N. The predicted octanol–water partition coefficient (Wildman–Crippen LogP) is 2.51. The van der Waals surface area contributed by atoms with Crippen molar-refractivity contribution in [1.82, 2.24) is 0 Å². The summed E-state index contributed by atoms with van der Waals surface area (Å²) in [6.45, 7) is 0. The van der Waals surface area contributed by atoms with Gasteiger partial charge in [0, 0.05) is 17.7 Å². The van der Waals surface area contributed by atoms with Gasteiger partial charge in [-0.05, 0) is 12.1 Å². The number of nitrogens with zero attached hydrogens (tertiary/aromatic N) is 1. The summed E-state index contributed by atoms with van der Waals surface area (Å²) in [5, 5.41) is 8.26. The summed E-state index contributed by atoms with van der Waals surface area (Å²) in [6.07, 6.45) is 2.40. The number of hydrogen-bond acceptors (Lipinski definition) is 2.